The summed E-state index contributed by atoms with van der Waals surface area (Å²) >= 11 is 4.75. The van der Waals surface area contributed by atoms with Gasteiger partial charge in [0.1, 0.15) is 0 Å². The molecule has 0 saturated heterocycles. The molecule has 0 spiro atoms. The predicted octanol–water partition coefficient (Wildman–Crippen LogP) is 3.68. The Morgan fingerprint density at radius 2 is 2.00 bits per heavy atom. The molecule has 7 heteroatoms. The van der Waals surface area contributed by atoms with Gasteiger partial charge in [-0.05, 0) is 24.0 Å². The maximum atomic E-state index is 12.1. The number of rotatable bonds is 6. The average Bonchev–Trinajstić information content (AvgIpc) is 2.90. The third-order valence-corrected chi connectivity index (χ3v) is 7.11. The second-order valence-electron chi connectivity index (χ2n) is 5.50. The average molecular weight is 346 g/mol. The molecule has 1 amide bonds. The molecule has 1 fully saturated rings. The third kappa shape index (κ3) is 5.14. The molecule has 1 aliphatic carbocycles. The number of carbonyl (C=O) groups excluding carboxylic acids is 1. The van der Waals surface area contributed by atoms with Crippen LogP contribution in [0.25, 0.3) is 0 Å². The Balaban J connectivity index is 1.76. The minimum absolute atomic E-state index is 0.117. The molecule has 0 radical (unpaired) electrons. The Labute approximate surface area is 139 Å². The number of amides is 1. The van der Waals surface area contributed by atoms with Crippen LogP contribution in [0.3, 0.4) is 0 Å². The van der Waals surface area contributed by atoms with Crippen molar-refractivity contribution in [2.45, 2.75) is 54.8 Å². The first-order valence-electron chi connectivity index (χ1n) is 7.48. The van der Waals surface area contributed by atoms with E-state index in [4.69, 9.17) is 0 Å². The van der Waals surface area contributed by atoms with Gasteiger partial charge < -0.3 is 5.32 Å². The van der Waals surface area contributed by atoms with E-state index in [9.17, 15) is 4.79 Å². The van der Waals surface area contributed by atoms with Crippen LogP contribution in [0.2, 0.25) is 0 Å². The Morgan fingerprint density at radius 1 is 1.29 bits per heavy atom. The maximum Gasteiger partial charge on any atom is 0.230 e. The molecule has 118 valence electrons. The molecule has 0 aromatic carbocycles. The van der Waals surface area contributed by atoms with E-state index in [0.717, 1.165) is 20.9 Å². The summed E-state index contributed by atoms with van der Waals surface area (Å²) in [6, 6.07) is 0.336. The van der Waals surface area contributed by atoms with Crippen LogP contribution < -0.4 is 5.32 Å². The van der Waals surface area contributed by atoms with Crippen molar-refractivity contribution >= 4 is 40.8 Å². The lowest BCUT2D eigenvalue weighted by Gasteiger charge is -2.34. The lowest BCUT2D eigenvalue weighted by molar-refractivity contribution is -0.119. The number of aromatic nitrogens is 2. The molecule has 1 aromatic rings. The van der Waals surface area contributed by atoms with Gasteiger partial charge in [0.05, 0.1) is 5.75 Å². The smallest absolute Gasteiger partial charge is 0.230 e. The minimum Gasteiger partial charge on any atom is -0.352 e. The molecule has 21 heavy (non-hydrogen) atoms. The zero-order chi connectivity index (χ0) is 15.2. The molecule has 4 nitrogen and oxygen atoms in total. The summed E-state index contributed by atoms with van der Waals surface area (Å²) in [4.78, 5) is 12.1. The van der Waals surface area contributed by atoms with Crippen LogP contribution in [-0.2, 0) is 4.79 Å². The molecule has 1 aliphatic rings. The highest BCUT2D eigenvalue weighted by Crippen LogP contribution is 2.30. The fourth-order valence-corrected chi connectivity index (χ4v) is 5.33. The quantitative estimate of drug-likeness (QED) is 0.797. The minimum atomic E-state index is 0.117. The number of carbonyl (C=O) groups is 1. The lowest BCUT2D eigenvalue weighted by Crippen LogP contribution is -2.44. The van der Waals surface area contributed by atoms with E-state index in [1.165, 1.54) is 24.6 Å². The van der Waals surface area contributed by atoms with Crippen molar-refractivity contribution in [1.82, 2.24) is 15.5 Å². The highest BCUT2D eigenvalue weighted by atomic mass is 32.2. The second kappa shape index (κ2) is 8.39. The summed E-state index contributed by atoms with van der Waals surface area (Å²) < 4.78 is 1.86. The number of nitrogens with one attached hydrogen (secondary N) is 1. The fraction of sp³-hybridized carbons (Fsp3) is 0.786. The summed E-state index contributed by atoms with van der Waals surface area (Å²) in [6.07, 6.45) is 3.61. The fourth-order valence-electron chi connectivity index (χ4n) is 2.60. The number of hydrogen-bond donors (Lipinski definition) is 1. The van der Waals surface area contributed by atoms with Gasteiger partial charge in [-0.2, -0.15) is 0 Å². The van der Waals surface area contributed by atoms with E-state index >= 15 is 0 Å². The van der Waals surface area contributed by atoms with Gasteiger partial charge in [-0.1, -0.05) is 68.5 Å². The highest BCUT2D eigenvalue weighted by Gasteiger charge is 2.28. The van der Waals surface area contributed by atoms with Gasteiger partial charge in [0.25, 0.3) is 0 Å². The van der Waals surface area contributed by atoms with Crippen molar-refractivity contribution in [2.75, 3.05) is 11.5 Å². The SMILES string of the molecule is CCSc1nnc(SCC(=O)N[C@H]2CCC[C@H](C)[C@@H]2C)s1. The lowest BCUT2D eigenvalue weighted by atomic mass is 9.78. The van der Waals surface area contributed by atoms with Crippen molar-refractivity contribution in [3.8, 4) is 0 Å². The molecular weight excluding hydrogens is 322 g/mol. The Hall–Kier alpha value is -0.270. The molecule has 0 unspecified atom stereocenters. The first-order valence-corrected chi connectivity index (χ1v) is 10.3. The summed E-state index contributed by atoms with van der Waals surface area (Å²) in [5.74, 6) is 2.82. The monoisotopic (exact) mass is 345 g/mol. The Bertz CT molecular complexity index is 466. The van der Waals surface area contributed by atoms with E-state index in [1.807, 2.05) is 0 Å². The Kier molecular flexibility index (Phi) is 6.82. The van der Waals surface area contributed by atoms with Crippen molar-refractivity contribution in [2.24, 2.45) is 11.8 Å². The zero-order valence-corrected chi connectivity index (χ0v) is 15.2. The predicted molar refractivity (Wildman–Crippen MR) is 91.1 cm³/mol. The van der Waals surface area contributed by atoms with Gasteiger partial charge in [0.15, 0.2) is 8.68 Å². The largest absolute Gasteiger partial charge is 0.352 e. The van der Waals surface area contributed by atoms with Gasteiger partial charge >= 0.3 is 0 Å². The highest BCUT2D eigenvalue weighted by molar-refractivity contribution is 8.03. The van der Waals surface area contributed by atoms with Crippen LogP contribution in [0.15, 0.2) is 8.68 Å². The topological polar surface area (TPSA) is 54.9 Å². The van der Waals surface area contributed by atoms with E-state index < -0.39 is 0 Å². The normalized spacial score (nSPS) is 25.8. The standard InChI is InChI=1S/C14H23N3OS3/c1-4-19-13-16-17-14(21-13)20-8-12(18)15-11-7-5-6-9(2)10(11)3/h9-11H,4-8H2,1-3H3,(H,15,18)/t9-,10-,11-/m0/s1. The summed E-state index contributed by atoms with van der Waals surface area (Å²) in [7, 11) is 0. The summed E-state index contributed by atoms with van der Waals surface area (Å²) in [6.45, 7) is 6.63. The van der Waals surface area contributed by atoms with Gasteiger partial charge in [-0.3, -0.25) is 4.79 Å². The Morgan fingerprint density at radius 3 is 2.71 bits per heavy atom. The van der Waals surface area contributed by atoms with Gasteiger partial charge in [0, 0.05) is 6.04 Å². The third-order valence-electron chi connectivity index (χ3n) is 4.04. The van der Waals surface area contributed by atoms with Gasteiger partial charge in [-0.15, -0.1) is 10.2 Å². The molecule has 3 atom stereocenters. The van der Waals surface area contributed by atoms with Crippen LogP contribution in [0.5, 0.6) is 0 Å². The van der Waals surface area contributed by atoms with Crippen LogP contribution in [-0.4, -0.2) is 33.7 Å². The van der Waals surface area contributed by atoms with Crippen molar-refractivity contribution in [3.63, 3.8) is 0 Å². The molecule has 0 bridgehead atoms. The van der Waals surface area contributed by atoms with Crippen LogP contribution in [0.1, 0.15) is 40.0 Å². The summed E-state index contributed by atoms with van der Waals surface area (Å²) in [5, 5.41) is 11.4. The molecule has 1 saturated carbocycles. The van der Waals surface area contributed by atoms with Crippen LogP contribution in [0.4, 0.5) is 0 Å². The molecule has 1 heterocycles. The van der Waals surface area contributed by atoms with Crippen molar-refractivity contribution < 1.29 is 4.79 Å². The van der Waals surface area contributed by atoms with Crippen LogP contribution in [0, 0.1) is 11.8 Å². The molecule has 0 aliphatic heterocycles. The van der Waals surface area contributed by atoms with Gasteiger partial charge in [-0.25, -0.2) is 0 Å². The number of thioether (sulfide) groups is 2. The number of hydrogen-bond acceptors (Lipinski definition) is 6. The molecule has 1 N–H and O–H groups in total. The second-order valence-corrected chi connectivity index (χ2v) is 9.21. The first-order chi connectivity index (χ1) is 10.1. The zero-order valence-electron chi connectivity index (χ0n) is 12.8. The van der Waals surface area contributed by atoms with Crippen molar-refractivity contribution in [1.29, 1.82) is 0 Å². The maximum absolute atomic E-state index is 12.1. The van der Waals surface area contributed by atoms with Gasteiger partial charge in [0.2, 0.25) is 5.91 Å². The van der Waals surface area contributed by atoms with E-state index in [2.05, 4.69) is 36.3 Å². The van der Waals surface area contributed by atoms with E-state index in [1.54, 1.807) is 23.1 Å². The van der Waals surface area contributed by atoms with Crippen molar-refractivity contribution in [3.05, 3.63) is 0 Å². The van der Waals surface area contributed by atoms with E-state index in [-0.39, 0.29) is 5.91 Å². The summed E-state index contributed by atoms with van der Waals surface area (Å²) in [5.41, 5.74) is 0. The molecule has 2 rings (SSSR count). The van der Waals surface area contributed by atoms with E-state index in [0.29, 0.717) is 23.6 Å². The molecule has 1 aromatic heterocycles. The first kappa shape index (κ1) is 17.1. The molecular formula is C14H23N3OS3. The van der Waals surface area contributed by atoms with Crippen LogP contribution >= 0.6 is 34.9 Å². The number of nitrogens with zero attached hydrogens (tertiary/aromatic N) is 2.